The first-order valence-corrected chi connectivity index (χ1v) is 6.50. The highest BCUT2D eigenvalue weighted by Crippen LogP contribution is 2.33. The molecule has 1 saturated carbocycles. The summed E-state index contributed by atoms with van der Waals surface area (Å²) in [7, 11) is 0. The summed E-state index contributed by atoms with van der Waals surface area (Å²) >= 11 is 0. The van der Waals surface area contributed by atoms with Crippen LogP contribution >= 0.6 is 0 Å². The average Bonchev–Trinajstić information content (AvgIpc) is 2.36. The number of carbonyl (C=O) groups excluding carboxylic acids is 1. The molecule has 1 N–H and O–H groups in total. The fourth-order valence-corrected chi connectivity index (χ4v) is 2.47. The zero-order valence-electron chi connectivity index (χ0n) is 10.7. The van der Waals surface area contributed by atoms with Crippen LogP contribution in [0.4, 0.5) is 4.39 Å². The van der Waals surface area contributed by atoms with E-state index in [9.17, 15) is 14.3 Å². The second-order valence-electron chi connectivity index (χ2n) is 5.44. The highest BCUT2D eigenvalue weighted by atomic mass is 19.1. The Kier molecular flexibility index (Phi) is 3.81. The molecule has 1 aromatic rings. The van der Waals surface area contributed by atoms with Crippen molar-refractivity contribution in [1.82, 2.24) is 0 Å². The van der Waals surface area contributed by atoms with Crippen LogP contribution < -0.4 is 0 Å². The maximum atomic E-state index is 12.8. The molecule has 0 aliphatic heterocycles. The molecule has 0 spiro atoms. The van der Waals surface area contributed by atoms with Crippen molar-refractivity contribution in [1.29, 1.82) is 0 Å². The summed E-state index contributed by atoms with van der Waals surface area (Å²) < 4.78 is 12.8. The lowest BCUT2D eigenvalue weighted by atomic mass is 9.76. The number of rotatable bonds is 3. The molecule has 0 unspecified atom stereocenters. The van der Waals surface area contributed by atoms with E-state index in [0.29, 0.717) is 18.8 Å². The zero-order valence-corrected chi connectivity index (χ0v) is 10.7. The number of carbonyl (C=O) groups is 1. The van der Waals surface area contributed by atoms with Crippen molar-refractivity contribution in [3.8, 4) is 0 Å². The molecule has 0 aromatic heterocycles. The molecule has 0 amide bonds. The van der Waals surface area contributed by atoms with E-state index < -0.39 is 5.60 Å². The van der Waals surface area contributed by atoms with Crippen molar-refractivity contribution in [3.05, 3.63) is 35.6 Å². The molecule has 0 atom stereocenters. The lowest BCUT2D eigenvalue weighted by Crippen LogP contribution is -2.42. The minimum Gasteiger partial charge on any atom is -0.382 e. The van der Waals surface area contributed by atoms with Gasteiger partial charge in [-0.2, -0.15) is 0 Å². The van der Waals surface area contributed by atoms with Crippen molar-refractivity contribution < 1.29 is 14.3 Å². The van der Waals surface area contributed by atoms with E-state index in [1.165, 1.54) is 12.1 Å². The second kappa shape index (κ2) is 5.19. The molecule has 1 aliphatic carbocycles. The van der Waals surface area contributed by atoms with Crippen molar-refractivity contribution in [2.75, 3.05) is 0 Å². The van der Waals surface area contributed by atoms with Crippen molar-refractivity contribution in [3.63, 3.8) is 0 Å². The first kappa shape index (κ1) is 13.2. The third kappa shape index (κ3) is 2.96. The Hall–Kier alpha value is -1.22. The van der Waals surface area contributed by atoms with Crippen LogP contribution in [0, 0.1) is 11.7 Å². The predicted octanol–water partition coefficient (Wildman–Crippen LogP) is 2.88. The molecule has 0 radical (unpaired) electrons. The van der Waals surface area contributed by atoms with Gasteiger partial charge in [0, 0.05) is 6.42 Å². The minimum atomic E-state index is -1.17. The van der Waals surface area contributed by atoms with Gasteiger partial charge in [0.05, 0.1) is 0 Å². The van der Waals surface area contributed by atoms with Crippen LogP contribution in [0.5, 0.6) is 0 Å². The van der Waals surface area contributed by atoms with E-state index in [4.69, 9.17) is 0 Å². The van der Waals surface area contributed by atoms with Gasteiger partial charge in [-0.1, -0.05) is 19.1 Å². The standard InChI is InChI=1S/C15H19FO2/c1-11-6-8-15(18,9-7-11)14(17)10-12-2-4-13(16)5-3-12/h2-5,11,18H,6-10H2,1H3. The van der Waals surface area contributed by atoms with Crippen LogP contribution in [-0.2, 0) is 11.2 Å². The molecule has 1 aromatic carbocycles. The Balaban J connectivity index is 2.01. The van der Waals surface area contributed by atoms with Crippen molar-refractivity contribution >= 4 is 5.78 Å². The van der Waals surface area contributed by atoms with Gasteiger partial charge in [-0.3, -0.25) is 4.79 Å². The molecule has 2 nitrogen and oxygen atoms in total. The van der Waals surface area contributed by atoms with Crippen molar-refractivity contribution in [2.45, 2.75) is 44.6 Å². The Morgan fingerprint density at radius 2 is 1.89 bits per heavy atom. The fourth-order valence-electron chi connectivity index (χ4n) is 2.47. The van der Waals surface area contributed by atoms with Crippen LogP contribution in [0.25, 0.3) is 0 Å². The smallest absolute Gasteiger partial charge is 0.168 e. The molecule has 0 saturated heterocycles. The number of Topliss-reactive ketones (excluding diaryl/α,β-unsaturated/α-hetero) is 1. The van der Waals surface area contributed by atoms with E-state index in [1.807, 2.05) is 0 Å². The molecule has 18 heavy (non-hydrogen) atoms. The molecule has 0 bridgehead atoms. The van der Waals surface area contributed by atoms with Crippen LogP contribution in [0.15, 0.2) is 24.3 Å². The van der Waals surface area contributed by atoms with Crippen LogP contribution in [0.1, 0.15) is 38.2 Å². The Morgan fingerprint density at radius 3 is 2.44 bits per heavy atom. The summed E-state index contributed by atoms with van der Waals surface area (Å²) in [5, 5.41) is 10.3. The number of ketones is 1. The molecule has 0 heterocycles. The van der Waals surface area contributed by atoms with Gasteiger partial charge >= 0.3 is 0 Å². The normalized spacial score (nSPS) is 28.1. The number of hydrogen-bond acceptors (Lipinski definition) is 2. The molecule has 1 aliphatic rings. The van der Waals surface area contributed by atoms with Gasteiger partial charge in [-0.25, -0.2) is 4.39 Å². The van der Waals surface area contributed by atoms with Crippen LogP contribution in [0.2, 0.25) is 0 Å². The lowest BCUT2D eigenvalue weighted by molar-refractivity contribution is -0.140. The van der Waals surface area contributed by atoms with Gasteiger partial charge in [0.2, 0.25) is 0 Å². The predicted molar refractivity (Wildman–Crippen MR) is 67.7 cm³/mol. The van der Waals surface area contributed by atoms with Gasteiger partial charge in [0.1, 0.15) is 11.4 Å². The van der Waals surface area contributed by atoms with Gasteiger partial charge in [0.25, 0.3) is 0 Å². The quantitative estimate of drug-likeness (QED) is 0.895. The molecule has 3 heteroatoms. The minimum absolute atomic E-state index is 0.138. The van der Waals surface area contributed by atoms with E-state index in [-0.39, 0.29) is 18.0 Å². The number of hydrogen-bond donors (Lipinski definition) is 1. The summed E-state index contributed by atoms with van der Waals surface area (Å²) in [5.74, 6) is 0.140. The van der Waals surface area contributed by atoms with E-state index in [2.05, 4.69) is 6.92 Å². The molecule has 98 valence electrons. The molecular weight excluding hydrogens is 231 g/mol. The second-order valence-corrected chi connectivity index (χ2v) is 5.44. The summed E-state index contributed by atoms with van der Waals surface area (Å²) in [6.07, 6.45) is 3.07. The van der Waals surface area contributed by atoms with Crippen molar-refractivity contribution in [2.24, 2.45) is 5.92 Å². The number of halogens is 1. The van der Waals surface area contributed by atoms with E-state index in [0.717, 1.165) is 18.4 Å². The average molecular weight is 250 g/mol. The highest BCUT2D eigenvalue weighted by Gasteiger charge is 2.38. The van der Waals surface area contributed by atoms with Crippen LogP contribution in [0.3, 0.4) is 0 Å². The summed E-state index contributed by atoms with van der Waals surface area (Å²) in [4.78, 5) is 12.1. The maximum absolute atomic E-state index is 12.8. The lowest BCUT2D eigenvalue weighted by Gasteiger charge is -2.33. The highest BCUT2D eigenvalue weighted by molar-refractivity contribution is 5.89. The summed E-state index contributed by atoms with van der Waals surface area (Å²) in [6, 6.07) is 5.88. The maximum Gasteiger partial charge on any atom is 0.168 e. The first-order valence-electron chi connectivity index (χ1n) is 6.50. The molecule has 2 rings (SSSR count). The van der Waals surface area contributed by atoms with Gasteiger partial charge in [-0.05, 0) is 49.3 Å². The molecule has 1 fully saturated rings. The Morgan fingerprint density at radius 1 is 1.33 bits per heavy atom. The van der Waals surface area contributed by atoms with Gasteiger partial charge < -0.3 is 5.11 Å². The topological polar surface area (TPSA) is 37.3 Å². The monoisotopic (exact) mass is 250 g/mol. The summed E-state index contributed by atoms with van der Waals surface area (Å²) in [5.41, 5.74) is -0.408. The van der Waals surface area contributed by atoms with Gasteiger partial charge in [0.15, 0.2) is 5.78 Å². The van der Waals surface area contributed by atoms with E-state index >= 15 is 0 Å². The zero-order chi connectivity index (χ0) is 13.2. The third-order valence-corrected chi connectivity index (χ3v) is 3.90. The van der Waals surface area contributed by atoms with E-state index in [1.54, 1.807) is 12.1 Å². The number of aliphatic hydroxyl groups is 1. The first-order chi connectivity index (χ1) is 8.49. The fraction of sp³-hybridized carbons (Fsp3) is 0.533. The summed E-state index contributed by atoms with van der Waals surface area (Å²) in [6.45, 7) is 2.14. The molecular formula is C15H19FO2. The van der Waals surface area contributed by atoms with Crippen LogP contribution in [-0.4, -0.2) is 16.5 Å². The SMILES string of the molecule is CC1CCC(O)(C(=O)Cc2ccc(F)cc2)CC1. The largest absolute Gasteiger partial charge is 0.382 e. The number of benzene rings is 1. The Labute approximate surface area is 107 Å². The Bertz CT molecular complexity index is 417. The van der Waals surface area contributed by atoms with Gasteiger partial charge in [-0.15, -0.1) is 0 Å². The third-order valence-electron chi connectivity index (χ3n) is 3.90.